The van der Waals surface area contributed by atoms with Crippen molar-refractivity contribution in [2.24, 2.45) is 0 Å². The Morgan fingerprint density at radius 2 is 2.00 bits per heavy atom. The van der Waals surface area contributed by atoms with Gasteiger partial charge in [-0.2, -0.15) is 0 Å². The van der Waals surface area contributed by atoms with Crippen molar-refractivity contribution in [3.05, 3.63) is 17.7 Å². The quantitative estimate of drug-likeness (QED) is 0.726. The predicted octanol–water partition coefficient (Wildman–Crippen LogP) is 0.666. The molecule has 2 aliphatic rings. The molecule has 9 heteroatoms. The van der Waals surface area contributed by atoms with Crippen LogP contribution >= 0.6 is 0 Å². The highest BCUT2D eigenvalue weighted by Crippen LogP contribution is 2.30. The molecule has 2 saturated heterocycles. The van der Waals surface area contributed by atoms with E-state index in [0.717, 1.165) is 70.2 Å². The van der Waals surface area contributed by atoms with Gasteiger partial charge in [-0.3, -0.25) is 9.80 Å². The van der Waals surface area contributed by atoms with E-state index in [0.29, 0.717) is 6.42 Å². The molecule has 27 heavy (non-hydrogen) atoms. The van der Waals surface area contributed by atoms with E-state index in [1.165, 1.54) is 4.31 Å². The first-order valence-corrected chi connectivity index (χ1v) is 11.4. The minimum absolute atomic E-state index is 0.0704. The Bertz CT molecular complexity index is 710. The highest BCUT2D eigenvalue weighted by molar-refractivity contribution is 7.89. The molecule has 0 amide bonds. The topological polar surface area (TPSA) is 81.8 Å². The number of imidazole rings is 1. The number of piperidine rings is 1. The standard InChI is InChI=1S/C18H33N5O3S/c1-16-19-13-17(20-16)14-22-8-5-18(6-9-22)15-23(10-11-26-18)7-4-12-27(24,25)21(2)3/h13H,4-12,14-15H2,1-3H3,(H,19,20). The predicted molar refractivity (Wildman–Crippen MR) is 105 cm³/mol. The molecule has 1 N–H and O–H groups in total. The van der Waals surface area contributed by atoms with E-state index < -0.39 is 10.0 Å². The summed E-state index contributed by atoms with van der Waals surface area (Å²) in [5.41, 5.74) is 1.09. The molecule has 154 valence electrons. The number of hydrogen-bond acceptors (Lipinski definition) is 6. The van der Waals surface area contributed by atoms with E-state index in [1.807, 2.05) is 13.1 Å². The average molecular weight is 400 g/mol. The molecule has 3 rings (SSSR count). The smallest absolute Gasteiger partial charge is 0.213 e. The maximum absolute atomic E-state index is 11.9. The van der Waals surface area contributed by atoms with Gasteiger partial charge in [0, 0.05) is 58.7 Å². The van der Waals surface area contributed by atoms with Crippen molar-refractivity contribution in [2.75, 3.05) is 59.2 Å². The Hall–Kier alpha value is -1.00. The summed E-state index contributed by atoms with van der Waals surface area (Å²) in [6.45, 7) is 8.26. The molecular weight excluding hydrogens is 366 g/mol. The fourth-order valence-electron chi connectivity index (χ4n) is 3.98. The number of aryl methyl sites for hydroxylation is 1. The maximum atomic E-state index is 11.9. The lowest BCUT2D eigenvalue weighted by Crippen LogP contribution is -2.56. The fourth-order valence-corrected chi connectivity index (χ4v) is 4.84. The van der Waals surface area contributed by atoms with Crippen LogP contribution in [0.1, 0.15) is 30.8 Å². The number of nitrogens with zero attached hydrogens (tertiary/aromatic N) is 4. The van der Waals surface area contributed by atoms with Crippen LogP contribution in [0, 0.1) is 6.92 Å². The molecule has 2 aliphatic heterocycles. The Labute approximate surface area is 162 Å². The van der Waals surface area contributed by atoms with Crippen LogP contribution in [0.15, 0.2) is 6.20 Å². The third-order valence-corrected chi connectivity index (χ3v) is 7.59. The summed E-state index contributed by atoms with van der Waals surface area (Å²) in [7, 11) is 0.0823. The number of aromatic amines is 1. The molecule has 0 aliphatic carbocycles. The summed E-state index contributed by atoms with van der Waals surface area (Å²) >= 11 is 0. The van der Waals surface area contributed by atoms with Crippen molar-refractivity contribution >= 4 is 10.0 Å². The van der Waals surface area contributed by atoms with E-state index in [-0.39, 0.29) is 11.4 Å². The lowest BCUT2D eigenvalue weighted by atomic mass is 9.89. The van der Waals surface area contributed by atoms with E-state index in [1.54, 1.807) is 14.1 Å². The minimum Gasteiger partial charge on any atom is -0.372 e. The molecule has 0 aromatic carbocycles. The van der Waals surface area contributed by atoms with Crippen molar-refractivity contribution in [1.29, 1.82) is 0 Å². The first kappa shape index (κ1) is 20.7. The van der Waals surface area contributed by atoms with Crippen LogP contribution in [0.2, 0.25) is 0 Å². The second-order valence-electron chi connectivity index (χ2n) is 8.03. The van der Waals surface area contributed by atoms with Gasteiger partial charge in [-0.1, -0.05) is 0 Å². The van der Waals surface area contributed by atoms with E-state index >= 15 is 0 Å². The Morgan fingerprint density at radius 3 is 2.63 bits per heavy atom. The summed E-state index contributed by atoms with van der Waals surface area (Å²) in [6.07, 6.45) is 4.63. The molecule has 0 bridgehead atoms. The van der Waals surface area contributed by atoms with Crippen LogP contribution in [-0.4, -0.2) is 97.3 Å². The average Bonchev–Trinajstić information content (AvgIpc) is 3.02. The van der Waals surface area contributed by atoms with Crippen molar-refractivity contribution < 1.29 is 13.2 Å². The zero-order valence-electron chi connectivity index (χ0n) is 16.8. The highest BCUT2D eigenvalue weighted by atomic mass is 32.2. The van der Waals surface area contributed by atoms with Crippen LogP contribution < -0.4 is 0 Å². The molecule has 0 atom stereocenters. The largest absolute Gasteiger partial charge is 0.372 e. The van der Waals surface area contributed by atoms with Crippen LogP contribution in [0.25, 0.3) is 0 Å². The second-order valence-corrected chi connectivity index (χ2v) is 10.3. The van der Waals surface area contributed by atoms with Gasteiger partial charge in [0.15, 0.2) is 0 Å². The molecule has 0 saturated carbocycles. The van der Waals surface area contributed by atoms with Crippen molar-refractivity contribution in [2.45, 2.75) is 38.3 Å². The van der Waals surface area contributed by atoms with Crippen LogP contribution in [0.3, 0.4) is 0 Å². The molecule has 0 radical (unpaired) electrons. The molecule has 2 fully saturated rings. The number of aromatic nitrogens is 2. The van der Waals surface area contributed by atoms with Crippen molar-refractivity contribution in [3.8, 4) is 0 Å². The second kappa shape index (κ2) is 8.57. The summed E-state index contributed by atoms with van der Waals surface area (Å²) in [5, 5.41) is 0. The van der Waals surface area contributed by atoms with Crippen LogP contribution in [0.5, 0.6) is 0 Å². The van der Waals surface area contributed by atoms with Gasteiger partial charge in [-0.15, -0.1) is 0 Å². The number of morpholine rings is 1. The van der Waals surface area contributed by atoms with E-state index in [9.17, 15) is 8.42 Å². The number of rotatable bonds is 7. The summed E-state index contributed by atoms with van der Waals surface area (Å²) in [4.78, 5) is 12.4. The molecule has 8 nitrogen and oxygen atoms in total. The zero-order chi connectivity index (χ0) is 19.5. The zero-order valence-corrected chi connectivity index (χ0v) is 17.6. The van der Waals surface area contributed by atoms with E-state index in [2.05, 4.69) is 19.8 Å². The normalized spacial score (nSPS) is 21.9. The van der Waals surface area contributed by atoms with Gasteiger partial charge in [-0.25, -0.2) is 17.7 Å². The molecule has 0 unspecified atom stereocenters. The van der Waals surface area contributed by atoms with Gasteiger partial charge in [0.25, 0.3) is 0 Å². The van der Waals surface area contributed by atoms with Crippen molar-refractivity contribution in [3.63, 3.8) is 0 Å². The maximum Gasteiger partial charge on any atom is 0.213 e. The van der Waals surface area contributed by atoms with Gasteiger partial charge in [0.2, 0.25) is 10.0 Å². The van der Waals surface area contributed by atoms with Gasteiger partial charge < -0.3 is 9.72 Å². The lowest BCUT2D eigenvalue weighted by molar-refractivity contribution is -0.136. The number of ether oxygens (including phenoxy) is 1. The molecule has 1 aromatic heterocycles. The lowest BCUT2D eigenvalue weighted by Gasteiger charge is -2.47. The van der Waals surface area contributed by atoms with E-state index in [4.69, 9.17) is 4.74 Å². The van der Waals surface area contributed by atoms with Gasteiger partial charge in [0.05, 0.1) is 18.0 Å². The highest BCUT2D eigenvalue weighted by Gasteiger charge is 2.39. The number of nitrogens with one attached hydrogen (secondary N) is 1. The van der Waals surface area contributed by atoms with Crippen molar-refractivity contribution in [1.82, 2.24) is 24.1 Å². The molecule has 3 heterocycles. The third kappa shape index (κ3) is 5.51. The van der Waals surface area contributed by atoms with Gasteiger partial charge in [0.1, 0.15) is 5.82 Å². The first-order valence-electron chi connectivity index (χ1n) is 9.77. The van der Waals surface area contributed by atoms with Gasteiger partial charge >= 0.3 is 0 Å². The monoisotopic (exact) mass is 399 g/mol. The molecule has 1 aromatic rings. The Kier molecular flexibility index (Phi) is 6.58. The summed E-state index contributed by atoms with van der Waals surface area (Å²) < 4.78 is 31.4. The first-order chi connectivity index (χ1) is 12.8. The molecule has 1 spiro atoms. The van der Waals surface area contributed by atoms with Crippen LogP contribution in [-0.2, 0) is 21.3 Å². The number of likely N-dealkylation sites (tertiary alicyclic amines) is 1. The van der Waals surface area contributed by atoms with Gasteiger partial charge in [-0.05, 0) is 32.7 Å². The third-order valence-electron chi connectivity index (χ3n) is 5.68. The fraction of sp³-hybridized carbons (Fsp3) is 0.833. The Morgan fingerprint density at radius 1 is 1.26 bits per heavy atom. The minimum atomic E-state index is -3.11. The number of H-pyrrole nitrogens is 1. The Balaban J connectivity index is 1.45. The number of sulfonamides is 1. The summed E-state index contributed by atoms with van der Waals surface area (Å²) in [6, 6.07) is 0. The summed E-state index contributed by atoms with van der Waals surface area (Å²) in [5.74, 6) is 1.17. The number of hydrogen-bond donors (Lipinski definition) is 1. The van der Waals surface area contributed by atoms with Crippen LogP contribution in [0.4, 0.5) is 0 Å². The SMILES string of the molecule is Cc1ncc(CN2CCC3(CC2)CN(CCCS(=O)(=O)N(C)C)CCO3)[nH]1. The molecular formula is C18H33N5O3S.